The number of halogens is 1. The van der Waals surface area contributed by atoms with Crippen molar-refractivity contribution in [1.29, 1.82) is 0 Å². The van der Waals surface area contributed by atoms with E-state index in [1.807, 2.05) is 56.3 Å². The molecule has 9 heteroatoms. The molecular weight excluding hydrogens is 556 g/mol. The number of hydrogen-bond donors (Lipinski definition) is 1. The minimum atomic E-state index is -0.521. The van der Waals surface area contributed by atoms with E-state index < -0.39 is 17.1 Å². The van der Waals surface area contributed by atoms with Crippen molar-refractivity contribution in [1.82, 2.24) is 4.90 Å². The van der Waals surface area contributed by atoms with Gasteiger partial charge in [-0.1, -0.05) is 48.0 Å². The van der Waals surface area contributed by atoms with Crippen LogP contribution in [0.4, 0.5) is 10.5 Å². The zero-order valence-corrected chi connectivity index (χ0v) is 22.7. The molecule has 0 aromatic heterocycles. The largest absolute Gasteiger partial charge is 0.490 e. The van der Waals surface area contributed by atoms with Crippen LogP contribution in [-0.4, -0.2) is 35.1 Å². The lowest BCUT2D eigenvalue weighted by atomic mass is 10.1. The number of ether oxygens (including phenoxy) is 2. The predicted octanol–water partition coefficient (Wildman–Crippen LogP) is 6.41. The molecule has 3 amide bonds. The molecule has 1 heterocycles. The fraction of sp³-hybridized carbons (Fsp3) is 0.179. The number of nitrogens with zero attached hydrogens (tertiary/aromatic N) is 1. The van der Waals surface area contributed by atoms with Gasteiger partial charge in [0.25, 0.3) is 11.1 Å². The SMILES string of the molecule is CCOc1cc(/C=C2/SC(=O)N(CC(=O)Nc3ccc(C)cc3)C2=O)cc(Br)c1OCc1ccccc1. The molecule has 190 valence electrons. The van der Waals surface area contributed by atoms with Crippen molar-refractivity contribution < 1.29 is 23.9 Å². The fourth-order valence-corrected chi connectivity index (χ4v) is 4.99. The average molecular weight is 581 g/mol. The van der Waals surface area contributed by atoms with Gasteiger partial charge in [-0.25, -0.2) is 0 Å². The topological polar surface area (TPSA) is 84.9 Å². The van der Waals surface area contributed by atoms with E-state index in [2.05, 4.69) is 21.2 Å². The van der Waals surface area contributed by atoms with Gasteiger partial charge < -0.3 is 14.8 Å². The van der Waals surface area contributed by atoms with Crippen LogP contribution in [0, 0.1) is 6.92 Å². The van der Waals surface area contributed by atoms with E-state index >= 15 is 0 Å². The average Bonchev–Trinajstić information content (AvgIpc) is 3.13. The molecule has 0 aliphatic carbocycles. The Kier molecular flexibility index (Phi) is 8.68. The number of amides is 3. The van der Waals surface area contributed by atoms with Crippen LogP contribution in [0.1, 0.15) is 23.6 Å². The molecule has 1 saturated heterocycles. The Balaban J connectivity index is 1.48. The van der Waals surface area contributed by atoms with Gasteiger partial charge in [0.15, 0.2) is 11.5 Å². The van der Waals surface area contributed by atoms with Gasteiger partial charge in [-0.3, -0.25) is 19.3 Å². The van der Waals surface area contributed by atoms with Crippen molar-refractivity contribution >= 4 is 56.5 Å². The number of imide groups is 1. The summed E-state index contributed by atoms with van der Waals surface area (Å²) in [4.78, 5) is 39.1. The number of carbonyl (C=O) groups is 3. The Hall–Kier alpha value is -3.56. The van der Waals surface area contributed by atoms with Gasteiger partial charge in [0.1, 0.15) is 13.2 Å². The zero-order chi connectivity index (χ0) is 26.4. The predicted molar refractivity (Wildman–Crippen MR) is 149 cm³/mol. The van der Waals surface area contributed by atoms with Crippen LogP contribution in [0.3, 0.4) is 0 Å². The molecule has 0 spiro atoms. The summed E-state index contributed by atoms with van der Waals surface area (Å²) in [5.41, 5.74) is 3.32. The van der Waals surface area contributed by atoms with Crippen molar-refractivity contribution in [2.24, 2.45) is 0 Å². The minimum Gasteiger partial charge on any atom is -0.490 e. The molecule has 7 nitrogen and oxygen atoms in total. The van der Waals surface area contributed by atoms with Crippen LogP contribution < -0.4 is 14.8 Å². The van der Waals surface area contributed by atoms with Crippen molar-refractivity contribution in [2.75, 3.05) is 18.5 Å². The third kappa shape index (κ3) is 6.81. The van der Waals surface area contributed by atoms with Crippen molar-refractivity contribution in [3.05, 3.63) is 92.8 Å². The van der Waals surface area contributed by atoms with Gasteiger partial charge in [-0.2, -0.15) is 0 Å². The number of aryl methyl sites for hydroxylation is 1. The van der Waals surface area contributed by atoms with Gasteiger partial charge in [0.05, 0.1) is 16.0 Å². The second-order valence-electron chi connectivity index (χ2n) is 8.22. The first-order valence-corrected chi connectivity index (χ1v) is 13.2. The first-order valence-electron chi connectivity index (χ1n) is 11.6. The zero-order valence-electron chi connectivity index (χ0n) is 20.3. The summed E-state index contributed by atoms with van der Waals surface area (Å²) in [5.74, 6) is 0.0840. The highest BCUT2D eigenvalue weighted by Gasteiger charge is 2.36. The van der Waals surface area contributed by atoms with E-state index in [-0.39, 0.29) is 11.4 Å². The molecule has 4 rings (SSSR count). The van der Waals surface area contributed by atoms with Gasteiger partial charge in [-0.05, 0) is 83.0 Å². The molecule has 1 N–H and O–H groups in total. The second-order valence-corrected chi connectivity index (χ2v) is 10.1. The number of carbonyl (C=O) groups excluding carboxylic acids is 3. The van der Waals surface area contributed by atoms with Gasteiger partial charge in [0.2, 0.25) is 5.91 Å². The quantitative estimate of drug-likeness (QED) is 0.294. The molecule has 1 aliphatic rings. The first kappa shape index (κ1) is 26.5. The molecule has 3 aromatic rings. The summed E-state index contributed by atoms with van der Waals surface area (Å²) >= 11 is 4.34. The molecule has 1 fully saturated rings. The lowest BCUT2D eigenvalue weighted by Crippen LogP contribution is -2.36. The maximum absolute atomic E-state index is 12.9. The van der Waals surface area contributed by atoms with Crippen molar-refractivity contribution in [3.8, 4) is 11.5 Å². The molecule has 0 saturated carbocycles. The Morgan fingerprint density at radius 1 is 1.05 bits per heavy atom. The number of anilines is 1. The Morgan fingerprint density at radius 2 is 1.78 bits per heavy atom. The summed E-state index contributed by atoms with van der Waals surface area (Å²) in [7, 11) is 0. The summed E-state index contributed by atoms with van der Waals surface area (Å²) in [6.45, 7) is 4.23. The highest BCUT2D eigenvalue weighted by molar-refractivity contribution is 9.10. The molecule has 37 heavy (non-hydrogen) atoms. The fourth-order valence-electron chi connectivity index (χ4n) is 3.57. The van der Waals surface area contributed by atoms with Crippen molar-refractivity contribution in [2.45, 2.75) is 20.5 Å². The second kappa shape index (κ2) is 12.1. The summed E-state index contributed by atoms with van der Waals surface area (Å²) < 4.78 is 12.5. The standard InChI is InChI=1S/C28H25BrN2O5S/c1-3-35-23-14-20(13-22(29)26(23)36-17-19-7-5-4-6-8-19)15-24-27(33)31(28(34)37-24)16-25(32)30-21-11-9-18(2)10-12-21/h4-15H,3,16-17H2,1-2H3,(H,30,32)/b24-15+. The van der Waals surface area contributed by atoms with E-state index in [1.165, 1.54) is 0 Å². The van der Waals surface area contributed by atoms with E-state index in [1.54, 1.807) is 30.3 Å². The van der Waals surface area contributed by atoms with Crippen LogP contribution in [0.2, 0.25) is 0 Å². The third-order valence-electron chi connectivity index (χ3n) is 5.37. The van der Waals surface area contributed by atoms with Crippen LogP contribution in [0.5, 0.6) is 11.5 Å². The number of hydrogen-bond acceptors (Lipinski definition) is 6. The Morgan fingerprint density at radius 3 is 2.49 bits per heavy atom. The maximum Gasteiger partial charge on any atom is 0.294 e. The lowest BCUT2D eigenvalue weighted by molar-refractivity contribution is -0.127. The molecular formula is C28H25BrN2O5S. The Bertz CT molecular complexity index is 1340. The number of nitrogens with one attached hydrogen (secondary N) is 1. The van der Waals surface area contributed by atoms with E-state index in [0.717, 1.165) is 27.8 Å². The van der Waals surface area contributed by atoms with Gasteiger partial charge in [0, 0.05) is 5.69 Å². The molecule has 0 bridgehead atoms. The molecule has 0 atom stereocenters. The number of thioether (sulfide) groups is 1. The molecule has 1 aliphatic heterocycles. The highest BCUT2D eigenvalue weighted by Crippen LogP contribution is 2.39. The number of rotatable bonds is 9. The molecule has 0 radical (unpaired) electrons. The van der Waals surface area contributed by atoms with E-state index in [9.17, 15) is 14.4 Å². The normalized spacial score (nSPS) is 14.2. The van der Waals surface area contributed by atoms with Crippen LogP contribution >= 0.6 is 27.7 Å². The van der Waals surface area contributed by atoms with Crippen LogP contribution in [0.25, 0.3) is 6.08 Å². The molecule has 0 unspecified atom stereocenters. The van der Waals surface area contributed by atoms with Crippen LogP contribution in [-0.2, 0) is 16.2 Å². The summed E-state index contributed by atoms with van der Waals surface area (Å²) in [6.07, 6.45) is 1.61. The van der Waals surface area contributed by atoms with Crippen molar-refractivity contribution in [3.63, 3.8) is 0 Å². The van der Waals surface area contributed by atoms with Crippen LogP contribution in [0.15, 0.2) is 76.1 Å². The van der Waals surface area contributed by atoms with E-state index in [4.69, 9.17) is 9.47 Å². The van der Waals surface area contributed by atoms with E-state index in [0.29, 0.717) is 40.4 Å². The Labute approximate surface area is 228 Å². The first-order chi connectivity index (χ1) is 17.8. The highest BCUT2D eigenvalue weighted by atomic mass is 79.9. The third-order valence-corrected chi connectivity index (χ3v) is 6.86. The number of benzene rings is 3. The van der Waals surface area contributed by atoms with Gasteiger partial charge >= 0.3 is 0 Å². The van der Waals surface area contributed by atoms with Gasteiger partial charge in [-0.15, -0.1) is 0 Å². The minimum absolute atomic E-state index is 0.223. The molecule has 3 aromatic carbocycles. The smallest absolute Gasteiger partial charge is 0.294 e. The monoisotopic (exact) mass is 580 g/mol. The summed E-state index contributed by atoms with van der Waals surface area (Å²) in [6, 6.07) is 20.6. The lowest BCUT2D eigenvalue weighted by Gasteiger charge is -2.15. The maximum atomic E-state index is 12.9. The summed E-state index contributed by atoms with van der Waals surface area (Å²) in [5, 5.41) is 2.21.